The highest BCUT2D eigenvalue weighted by atomic mass is 16.5. The molecule has 0 aromatic heterocycles. The Kier molecular flexibility index (Phi) is 8.77. The third kappa shape index (κ3) is 5.61. The number of ether oxygens (including phenoxy) is 2. The second kappa shape index (κ2) is 12.0. The number of benzene rings is 2. The first-order valence-electron chi connectivity index (χ1n) is 11.8. The minimum atomic E-state index is -0.762. The maximum Gasteiger partial charge on any atom is 0.330 e. The summed E-state index contributed by atoms with van der Waals surface area (Å²) in [5.41, 5.74) is 12.2. The Balaban J connectivity index is 1.92. The van der Waals surface area contributed by atoms with E-state index in [0.717, 1.165) is 17.1 Å². The van der Waals surface area contributed by atoms with Gasteiger partial charge >= 0.3 is 11.9 Å². The molecule has 0 bridgehead atoms. The van der Waals surface area contributed by atoms with Gasteiger partial charge in [0.05, 0.1) is 35.6 Å². The predicted octanol–water partition coefficient (Wildman–Crippen LogP) is 2.26. The number of nitrogens with two attached hydrogens (primary N) is 2. The van der Waals surface area contributed by atoms with Crippen LogP contribution in [0.4, 0.5) is 11.4 Å². The average Bonchev–Trinajstić information content (AvgIpc) is 3.19. The summed E-state index contributed by atoms with van der Waals surface area (Å²) in [7, 11) is 0. The molecule has 3 rings (SSSR count). The van der Waals surface area contributed by atoms with E-state index in [2.05, 4.69) is 13.2 Å². The lowest BCUT2D eigenvalue weighted by Gasteiger charge is -2.20. The molecule has 4 N–H and O–H groups in total. The zero-order valence-electron chi connectivity index (χ0n) is 21.2. The van der Waals surface area contributed by atoms with Crippen molar-refractivity contribution in [3.05, 3.63) is 83.0 Å². The molecule has 11 heteroatoms. The first kappa shape index (κ1) is 28.5. The van der Waals surface area contributed by atoms with Gasteiger partial charge in [0.1, 0.15) is 0 Å². The van der Waals surface area contributed by atoms with Crippen LogP contribution in [0.15, 0.2) is 49.6 Å². The summed E-state index contributed by atoms with van der Waals surface area (Å²) in [6.07, 6.45) is 2.56. The minimum absolute atomic E-state index is 0.0706. The Labute approximate surface area is 224 Å². The van der Waals surface area contributed by atoms with Crippen LogP contribution < -0.4 is 11.5 Å². The highest BCUT2D eigenvalue weighted by molar-refractivity contribution is 6.29. The first-order valence-corrected chi connectivity index (χ1v) is 11.8. The number of nitrogens with zero attached hydrogens (tertiary/aromatic N) is 1. The van der Waals surface area contributed by atoms with E-state index in [1.807, 2.05) is 0 Å². The normalized spacial score (nSPS) is 12.2. The van der Waals surface area contributed by atoms with E-state index in [4.69, 9.17) is 20.9 Å². The largest absolute Gasteiger partial charge is 0.462 e. The average molecular weight is 534 g/mol. The number of esters is 2. The molecule has 1 heterocycles. The number of carbonyl (C=O) groups excluding carboxylic acids is 6. The fourth-order valence-electron chi connectivity index (χ4n) is 4.21. The lowest BCUT2D eigenvalue weighted by molar-refractivity contribution is -0.143. The summed E-state index contributed by atoms with van der Waals surface area (Å²) in [6.45, 7) is 7.64. The summed E-state index contributed by atoms with van der Waals surface area (Å²) in [5.74, 6) is -4.05. The van der Waals surface area contributed by atoms with Gasteiger partial charge < -0.3 is 20.9 Å². The molecule has 2 aromatic rings. The predicted molar refractivity (Wildman–Crippen MR) is 141 cm³/mol. The van der Waals surface area contributed by atoms with Crippen molar-refractivity contribution in [3.63, 3.8) is 0 Å². The number of fused-ring (bicyclic) bond motifs is 1. The van der Waals surface area contributed by atoms with Crippen molar-refractivity contribution in [1.82, 2.24) is 4.90 Å². The SMILES string of the molecule is C=CC(=O)OCC(CCN1C(=O)c2c(N)c(C)c(C(=O)c3ccccc3C=O)c(N)c2C1=O)COC(=O)C=C. The molecule has 1 aliphatic heterocycles. The maximum atomic E-state index is 13.4. The number of hydrogen-bond acceptors (Lipinski definition) is 10. The van der Waals surface area contributed by atoms with Crippen LogP contribution in [0.5, 0.6) is 0 Å². The molecule has 1 aliphatic rings. The van der Waals surface area contributed by atoms with Crippen molar-refractivity contribution in [1.29, 1.82) is 0 Å². The van der Waals surface area contributed by atoms with E-state index in [1.54, 1.807) is 12.1 Å². The molecule has 0 aliphatic carbocycles. The number of imide groups is 1. The van der Waals surface area contributed by atoms with E-state index in [-0.39, 0.29) is 70.9 Å². The van der Waals surface area contributed by atoms with Gasteiger partial charge in [-0.05, 0) is 18.9 Å². The Bertz CT molecular complexity index is 1390. The van der Waals surface area contributed by atoms with Gasteiger partial charge in [-0.15, -0.1) is 0 Å². The maximum absolute atomic E-state index is 13.4. The van der Waals surface area contributed by atoms with Crippen LogP contribution in [0, 0.1) is 12.8 Å². The van der Waals surface area contributed by atoms with Crippen LogP contribution in [0.25, 0.3) is 0 Å². The van der Waals surface area contributed by atoms with Gasteiger partial charge in [0, 0.05) is 41.4 Å². The molecule has 2 amide bonds. The van der Waals surface area contributed by atoms with Crippen LogP contribution in [0.1, 0.15) is 59.0 Å². The van der Waals surface area contributed by atoms with Crippen LogP contribution >= 0.6 is 0 Å². The van der Waals surface area contributed by atoms with Gasteiger partial charge in [-0.25, -0.2) is 9.59 Å². The number of amides is 2. The highest BCUT2D eigenvalue weighted by Crippen LogP contribution is 2.39. The van der Waals surface area contributed by atoms with Crippen molar-refractivity contribution in [2.75, 3.05) is 31.2 Å². The van der Waals surface area contributed by atoms with Crippen LogP contribution in [-0.4, -0.2) is 60.5 Å². The molecule has 0 saturated heterocycles. The number of anilines is 2. The van der Waals surface area contributed by atoms with E-state index >= 15 is 0 Å². The number of nitrogen functional groups attached to an aromatic ring is 2. The molecule has 0 radical (unpaired) electrons. The monoisotopic (exact) mass is 533 g/mol. The third-order valence-electron chi connectivity index (χ3n) is 6.33. The van der Waals surface area contributed by atoms with Gasteiger partial charge in [0.15, 0.2) is 12.1 Å². The van der Waals surface area contributed by atoms with Gasteiger partial charge in [-0.3, -0.25) is 24.1 Å². The second-order valence-electron chi connectivity index (χ2n) is 8.70. The molecular weight excluding hydrogens is 506 g/mol. The molecule has 0 atom stereocenters. The van der Waals surface area contributed by atoms with Crippen molar-refractivity contribution < 1.29 is 38.2 Å². The standard InChI is InChI=1S/C28H27N3O8/c1-4-19(33)38-13-16(14-39-20(34)5-2)10-11-31-27(36)22-23(28(31)37)25(30)21(15(3)24(22)29)26(35)18-9-7-6-8-17(18)12-32/h4-9,12,16H,1-2,10-11,13-14,29-30H2,3H3. The Hall–Kier alpha value is -5.06. The Morgan fingerprint density at radius 3 is 2.03 bits per heavy atom. The first-order chi connectivity index (χ1) is 18.6. The van der Waals surface area contributed by atoms with Crippen LogP contribution in [0.2, 0.25) is 0 Å². The van der Waals surface area contributed by atoms with Gasteiger partial charge in [0.2, 0.25) is 0 Å². The third-order valence-corrected chi connectivity index (χ3v) is 6.33. The smallest absolute Gasteiger partial charge is 0.330 e. The zero-order valence-corrected chi connectivity index (χ0v) is 21.2. The van der Waals surface area contributed by atoms with Gasteiger partial charge in [-0.2, -0.15) is 0 Å². The molecule has 39 heavy (non-hydrogen) atoms. The van der Waals surface area contributed by atoms with E-state index in [1.165, 1.54) is 19.1 Å². The molecule has 0 fully saturated rings. The summed E-state index contributed by atoms with van der Waals surface area (Å²) in [5, 5.41) is 0. The molecule has 202 valence electrons. The lowest BCUT2D eigenvalue weighted by Crippen LogP contribution is -2.33. The zero-order chi connectivity index (χ0) is 28.9. The Morgan fingerprint density at radius 1 is 0.949 bits per heavy atom. The molecule has 0 spiro atoms. The van der Waals surface area contributed by atoms with Gasteiger partial charge in [0.25, 0.3) is 11.8 Å². The van der Waals surface area contributed by atoms with E-state index in [9.17, 15) is 28.8 Å². The number of carbonyl (C=O) groups is 6. The molecule has 11 nitrogen and oxygen atoms in total. The number of rotatable bonds is 12. The van der Waals surface area contributed by atoms with Gasteiger partial charge in [-0.1, -0.05) is 37.4 Å². The fraction of sp³-hybridized carbons (Fsp3) is 0.214. The van der Waals surface area contributed by atoms with Crippen LogP contribution in [0.3, 0.4) is 0 Å². The summed E-state index contributed by atoms with van der Waals surface area (Å²) >= 11 is 0. The van der Waals surface area contributed by atoms with E-state index < -0.39 is 35.5 Å². The Morgan fingerprint density at radius 2 is 1.49 bits per heavy atom. The molecule has 2 aromatic carbocycles. The molecule has 0 saturated carbocycles. The van der Waals surface area contributed by atoms with Crippen molar-refractivity contribution in [2.24, 2.45) is 5.92 Å². The van der Waals surface area contributed by atoms with Crippen molar-refractivity contribution in [2.45, 2.75) is 13.3 Å². The number of ketones is 1. The topological polar surface area (TPSA) is 176 Å². The fourth-order valence-corrected chi connectivity index (χ4v) is 4.21. The van der Waals surface area contributed by atoms with Crippen molar-refractivity contribution >= 4 is 47.2 Å². The molecule has 0 unspecified atom stereocenters. The number of aldehydes is 1. The number of hydrogen-bond donors (Lipinski definition) is 2. The van der Waals surface area contributed by atoms with Crippen LogP contribution in [-0.2, 0) is 19.1 Å². The quantitative estimate of drug-likeness (QED) is 0.103. The summed E-state index contributed by atoms with van der Waals surface area (Å²) < 4.78 is 10.1. The summed E-state index contributed by atoms with van der Waals surface area (Å²) in [6, 6.07) is 6.09. The minimum Gasteiger partial charge on any atom is -0.462 e. The molecular formula is C28H27N3O8. The van der Waals surface area contributed by atoms with Crippen molar-refractivity contribution in [3.8, 4) is 0 Å². The summed E-state index contributed by atoms with van der Waals surface area (Å²) in [4.78, 5) is 75.4. The van der Waals surface area contributed by atoms with E-state index in [0.29, 0.717) is 6.29 Å². The lowest BCUT2D eigenvalue weighted by atomic mass is 9.89. The second-order valence-corrected chi connectivity index (χ2v) is 8.70. The highest BCUT2D eigenvalue weighted by Gasteiger charge is 2.42.